The zero-order chi connectivity index (χ0) is 14.4. The maximum absolute atomic E-state index is 11.9. The number of rotatable bonds is 5. The lowest BCUT2D eigenvalue weighted by molar-refractivity contribution is -0.122. The Morgan fingerprint density at radius 3 is 2.62 bits per heavy atom. The molecular formula is C17H27ClN2O. The van der Waals surface area contributed by atoms with Crippen molar-refractivity contribution in [2.75, 3.05) is 0 Å². The first-order valence-corrected chi connectivity index (χ1v) is 7.74. The first-order chi connectivity index (χ1) is 9.65. The van der Waals surface area contributed by atoms with Crippen LogP contribution in [0.25, 0.3) is 0 Å². The summed E-state index contributed by atoms with van der Waals surface area (Å²) >= 11 is 0. The number of carbonyl (C=O) groups is 1. The van der Waals surface area contributed by atoms with E-state index in [0.29, 0.717) is 18.4 Å². The molecule has 1 aromatic carbocycles. The third kappa shape index (κ3) is 6.06. The van der Waals surface area contributed by atoms with Crippen LogP contribution in [-0.2, 0) is 11.2 Å². The van der Waals surface area contributed by atoms with Crippen LogP contribution in [0.15, 0.2) is 30.3 Å². The van der Waals surface area contributed by atoms with E-state index in [1.807, 2.05) is 13.0 Å². The Morgan fingerprint density at radius 2 is 1.95 bits per heavy atom. The van der Waals surface area contributed by atoms with E-state index in [-0.39, 0.29) is 24.4 Å². The van der Waals surface area contributed by atoms with Gasteiger partial charge in [0.1, 0.15) is 0 Å². The molecule has 1 amide bonds. The van der Waals surface area contributed by atoms with Crippen molar-refractivity contribution in [1.82, 2.24) is 5.32 Å². The average Bonchev–Trinajstić information content (AvgIpc) is 2.41. The number of carbonyl (C=O) groups excluding carboxylic acids is 1. The van der Waals surface area contributed by atoms with Crippen LogP contribution in [0.5, 0.6) is 0 Å². The molecule has 0 spiro atoms. The Balaban J connectivity index is 0.00000220. The second kappa shape index (κ2) is 9.06. The van der Waals surface area contributed by atoms with E-state index < -0.39 is 0 Å². The van der Waals surface area contributed by atoms with Crippen LogP contribution in [-0.4, -0.2) is 18.0 Å². The van der Waals surface area contributed by atoms with Gasteiger partial charge in [0.2, 0.25) is 5.91 Å². The minimum absolute atomic E-state index is 0. The molecule has 0 aromatic heterocycles. The predicted molar refractivity (Wildman–Crippen MR) is 89.5 cm³/mol. The molecule has 118 valence electrons. The Bertz CT molecular complexity index is 422. The molecule has 0 aliphatic heterocycles. The SMILES string of the molecule is CC(N)CC(=O)NC1CCCCC1Cc1ccccc1.Cl. The van der Waals surface area contributed by atoms with Crippen molar-refractivity contribution in [3.8, 4) is 0 Å². The number of nitrogens with one attached hydrogen (secondary N) is 1. The Morgan fingerprint density at radius 1 is 1.29 bits per heavy atom. The van der Waals surface area contributed by atoms with Gasteiger partial charge in [0, 0.05) is 18.5 Å². The zero-order valence-electron chi connectivity index (χ0n) is 12.8. The maximum atomic E-state index is 11.9. The largest absolute Gasteiger partial charge is 0.353 e. The van der Waals surface area contributed by atoms with Crippen LogP contribution in [0.3, 0.4) is 0 Å². The van der Waals surface area contributed by atoms with Gasteiger partial charge in [-0.1, -0.05) is 43.2 Å². The van der Waals surface area contributed by atoms with Gasteiger partial charge in [-0.2, -0.15) is 0 Å². The van der Waals surface area contributed by atoms with E-state index in [9.17, 15) is 4.79 Å². The third-order valence-electron chi connectivity index (χ3n) is 4.10. The fourth-order valence-electron chi connectivity index (χ4n) is 3.12. The van der Waals surface area contributed by atoms with Crippen molar-refractivity contribution in [1.29, 1.82) is 0 Å². The standard InChI is InChI=1S/C17H26N2O.ClH/c1-13(18)11-17(20)19-16-10-6-5-9-15(16)12-14-7-3-2-4-8-14;/h2-4,7-8,13,15-16H,5-6,9-12,18H2,1H3,(H,19,20);1H. The van der Waals surface area contributed by atoms with Gasteiger partial charge in [0.15, 0.2) is 0 Å². The van der Waals surface area contributed by atoms with Crippen molar-refractivity contribution < 1.29 is 4.79 Å². The highest BCUT2D eigenvalue weighted by molar-refractivity contribution is 5.85. The minimum Gasteiger partial charge on any atom is -0.353 e. The molecule has 3 unspecified atom stereocenters. The van der Waals surface area contributed by atoms with Crippen molar-refractivity contribution in [2.24, 2.45) is 11.7 Å². The minimum atomic E-state index is -0.0637. The van der Waals surface area contributed by atoms with Crippen LogP contribution in [0, 0.1) is 5.92 Å². The first-order valence-electron chi connectivity index (χ1n) is 7.74. The topological polar surface area (TPSA) is 55.1 Å². The van der Waals surface area contributed by atoms with E-state index >= 15 is 0 Å². The summed E-state index contributed by atoms with van der Waals surface area (Å²) in [5.41, 5.74) is 7.06. The van der Waals surface area contributed by atoms with E-state index in [1.54, 1.807) is 0 Å². The molecule has 4 heteroatoms. The fraction of sp³-hybridized carbons (Fsp3) is 0.588. The smallest absolute Gasteiger partial charge is 0.221 e. The van der Waals surface area contributed by atoms with E-state index in [2.05, 4.69) is 29.6 Å². The molecule has 3 atom stereocenters. The Hall–Kier alpha value is -1.06. The summed E-state index contributed by atoms with van der Waals surface area (Å²) in [6, 6.07) is 10.8. The summed E-state index contributed by atoms with van der Waals surface area (Å²) < 4.78 is 0. The number of benzene rings is 1. The number of hydrogen-bond donors (Lipinski definition) is 2. The summed E-state index contributed by atoms with van der Waals surface area (Å²) in [6.45, 7) is 1.88. The quantitative estimate of drug-likeness (QED) is 0.878. The van der Waals surface area contributed by atoms with E-state index in [0.717, 1.165) is 12.8 Å². The molecular weight excluding hydrogens is 284 g/mol. The third-order valence-corrected chi connectivity index (χ3v) is 4.10. The van der Waals surface area contributed by atoms with Gasteiger partial charge in [0.05, 0.1) is 0 Å². The number of nitrogens with two attached hydrogens (primary N) is 1. The molecule has 2 rings (SSSR count). The van der Waals surface area contributed by atoms with Gasteiger partial charge in [-0.05, 0) is 37.7 Å². The van der Waals surface area contributed by atoms with Gasteiger partial charge in [-0.3, -0.25) is 4.79 Å². The average molecular weight is 311 g/mol. The lowest BCUT2D eigenvalue weighted by Crippen LogP contribution is -2.44. The summed E-state index contributed by atoms with van der Waals surface area (Å²) in [5, 5.41) is 3.20. The predicted octanol–water partition coefficient (Wildman–Crippen LogP) is 3.06. The number of hydrogen-bond acceptors (Lipinski definition) is 2. The van der Waals surface area contributed by atoms with Crippen LogP contribution < -0.4 is 11.1 Å². The van der Waals surface area contributed by atoms with Crippen LogP contribution >= 0.6 is 12.4 Å². The molecule has 0 bridgehead atoms. The molecule has 0 heterocycles. The molecule has 3 N–H and O–H groups in total. The summed E-state index contributed by atoms with van der Waals surface area (Å²) in [4.78, 5) is 11.9. The molecule has 1 aromatic rings. The molecule has 0 saturated heterocycles. The summed E-state index contributed by atoms with van der Waals surface area (Å²) in [5.74, 6) is 0.660. The second-order valence-corrected chi connectivity index (χ2v) is 6.09. The Labute approximate surface area is 134 Å². The van der Waals surface area contributed by atoms with Crippen molar-refractivity contribution in [3.63, 3.8) is 0 Å². The fourth-order valence-corrected chi connectivity index (χ4v) is 3.12. The second-order valence-electron chi connectivity index (χ2n) is 6.09. The molecule has 1 aliphatic carbocycles. The van der Waals surface area contributed by atoms with Crippen molar-refractivity contribution >= 4 is 18.3 Å². The monoisotopic (exact) mass is 310 g/mol. The van der Waals surface area contributed by atoms with E-state index in [4.69, 9.17) is 5.73 Å². The number of halogens is 1. The van der Waals surface area contributed by atoms with Gasteiger partial charge < -0.3 is 11.1 Å². The summed E-state index contributed by atoms with van der Waals surface area (Å²) in [6.07, 6.45) is 6.28. The molecule has 0 radical (unpaired) electrons. The molecule has 3 nitrogen and oxygen atoms in total. The highest BCUT2D eigenvalue weighted by Crippen LogP contribution is 2.27. The summed E-state index contributed by atoms with van der Waals surface area (Å²) in [7, 11) is 0. The number of amides is 1. The normalized spacial score (nSPS) is 23.0. The Kier molecular flexibility index (Phi) is 7.76. The maximum Gasteiger partial charge on any atom is 0.221 e. The molecule has 1 saturated carbocycles. The molecule has 1 aliphatic rings. The van der Waals surface area contributed by atoms with Crippen molar-refractivity contribution in [3.05, 3.63) is 35.9 Å². The lowest BCUT2D eigenvalue weighted by Gasteiger charge is -2.32. The van der Waals surface area contributed by atoms with Crippen LogP contribution in [0.1, 0.15) is 44.6 Å². The van der Waals surface area contributed by atoms with Crippen LogP contribution in [0.2, 0.25) is 0 Å². The van der Waals surface area contributed by atoms with E-state index in [1.165, 1.54) is 24.8 Å². The lowest BCUT2D eigenvalue weighted by atomic mass is 9.80. The highest BCUT2D eigenvalue weighted by atomic mass is 35.5. The van der Waals surface area contributed by atoms with Crippen molar-refractivity contribution in [2.45, 2.75) is 57.5 Å². The molecule has 1 fully saturated rings. The van der Waals surface area contributed by atoms with Gasteiger partial charge >= 0.3 is 0 Å². The zero-order valence-corrected chi connectivity index (χ0v) is 13.6. The molecule has 21 heavy (non-hydrogen) atoms. The first kappa shape index (κ1) is 18.0. The van der Waals surface area contributed by atoms with Gasteiger partial charge in [-0.15, -0.1) is 12.4 Å². The van der Waals surface area contributed by atoms with Gasteiger partial charge in [-0.25, -0.2) is 0 Å². The highest BCUT2D eigenvalue weighted by Gasteiger charge is 2.26. The van der Waals surface area contributed by atoms with Crippen LogP contribution in [0.4, 0.5) is 0 Å². The van der Waals surface area contributed by atoms with Gasteiger partial charge in [0.25, 0.3) is 0 Å².